The van der Waals surface area contributed by atoms with Crippen LogP contribution in [0.25, 0.3) is 0 Å². The highest BCUT2D eigenvalue weighted by Gasteiger charge is 2.36. The first kappa shape index (κ1) is 25.7. The number of amides is 2. The second kappa shape index (κ2) is 10.8. The Morgan fingerprint density at radius 3 is 2.19 bits per heavy atom. The van der Waals surface area contributed by atoms with Crippen molar-refractivity contribution in [2.24, 2.45) is 5.92 Å². The maximum atomic E-state index is 13.4. The molecule has 198 valence electrons. The van der Waals surface area contributed by atoms with Crippen LogP contribution in [0.2, 0.25) is 0 Å². The molecular weight excluding hydrogens is 476 g/mol. The van der Waals surface area contributed by atoms with Crippen molar-refractivity contribution in [1.82, 2.24) is 14.1 Å². The first-order chi connectivity index (χ1) is 17.3. The molecule has 5 rings (SSSR count). The van der Waals surface area contributed by atoms with E-state index in [0.29, 0.717) is 38.5 Å². The topological polar surface area (TPSA) is 81.2 Å². The van der Waals surface area contributed by atoms with Crippen LogP contribution in [-0.4, -0.2) is 86.2 Å². The highest BCUT2D eigenvalue weighted by Crippen LogP contribution is 2.32. The van der Waals surface area contributed by atoms with E-state index >= 15 is 0 Å². The number of sulfonamides is 1. The summed E-state index contributed by atoms with van der Waals surface area (Å²) >= 11 is 0. The zero-order chi connectivity index (χ0) is 25.3. The van der Waals surface area contributed by atoms with E-state index in [-0.39, 0.29) is 22.6 Å². The molecule has 3 fully saturated rings. The van der Waals surface area contributed by atoms with Gasteiger partial charge >= 0.3 is 0 Å². The number of rotatable bonds is 4. The number of anilines is 1. The quantitative estimate of drug-likeness (QED) is 0.615. The number of carbonyl (C=O) groups excluding carboxylic acids is 2. The summed E-state index contributed by atoms with van der Waals surface area (Å²) in [5, 5.41) is 0. The summed E-state index contributed by atoms with van der Waals surface area (Å²) in [6, 6.07) is 5.75. The van der Waals surface area contributed by atoms with E-state index < -0.39 is 10.0 Å². The van der Waals surface area contributed by atoms with E-state index in [1.54, 1.807) is 30.0 Å². The first-order valence-corrected chi connectivity index (χ1v) is 15.2. The van der Waals surface area contributed by atoms with Gasteiger partial charge in [-0.25, -0.2) is 8.42 Å². The Labute approximate surface area is 215 Å². The zero-order valence-electron chi connectivity index (χ0n) is 21.5. The Bertz CT molecular complexity index is 1070. The summed E-state index contributed by atoms with van der Waals surface area (Å²) in [4.78, 5) is 31.8. The van der Waals surface area contributed by atoms with Gasteiger partial charge in [0.25, 0.3) is 0 Å². The summed E-state index contributed by atoms with van der Waals surface area (Å²) in [5.74, 6) is 0.104. The molecule has 4 heterocycles. The summed E-state index contributed by atoms with van der Waals surface area (Å²) in [6.45, 7) is 7.01. The van der Waals surface area contributed by atoms with Crippen molar-refractivity contribution in [3.05, 3.63) is 23.8 Å². The van der Waals surface area contributed by atoms with Gasteiger partial charge in [-0.1, -0.05) is 6.42 Å². The van der Waals surface area contributed by atoms with E-state index in [4.69, 9.17) is 0 Å². The summed E-state index contributed by atoms with van der Waals surface area (Å²) < 4.78 is 28.3. The van der Waals surface area contributed by atoms with Crippen molar-refractivity contribution in [2.75, 3.05) is 50.7 Å². The fourth-order valence-corrected chi connectivity index (χ4v) is 8.07. The van der Waals surface area contributed by atoms with Crippen LogP contribution < -0.4 is 4.90 Å². The lowest BCUT2D eigenvalue weighted by Gasteiger charge is -2.41. The standard InChI is InChI=1S/C27H40N4O4S/c1-21(32)31-15-5-6-23-20-25(7-8-26(23)31)36(34,35)30-18-9-22(10-19-30)27(33)29-16-11-24(12-17-29)28-13-3-2-4-14-28/h7-8,20,22,24H,2-6,9-19H2,1H3. The lowest BCUT2D eigenvalue weighted by atomic mass is 9.94. The van der Waals surface area contributed by atoms with Crippen molar-refractivity contribution in [3.63, 3.8) is 0 Å². The number of benzene rings is 1. The van der Waals surface area contributed by atoms with Crippen molar-refractivity contribution < 1.29 is 18.0 Å². The lowest BCUT2D eigenvalue weighted by Crippen LogP contribution is -2.50. The number of hydrogen-bond donors (Lipinski definition) is 0. The smallest absolute Gasteiger partial charge is 0.243 e. The summed E-state index contributed by atoms with van der Waals surface area (Å²) in [5.41, 5.74) is 1.73. The Kier molecular flexibility index (Phi) is 7.70. The van der Waals surface area contributed by atoms with Crippen molar-refractivity contribution in [1.29, 1.82) is 0 Å². The number of piperidine rings is 3. The SMILES string of the molecule is CC(=O)N1CCCc2cc(S(=O)(=O)N3CCC(C(=O)N4CCC(N5CCCCC5)CC4)CC3)ccc21. The molecule has 1 aromatic rings. The Balaban J connectivity index is 1.16. The molecule has 1 aromatic carbocycles. The molecule has 4 aliphatic rings. The molecule has 0 aromatic heterocycles. The Morgan fingerprint density at radius 1 is 0.833 bits per heavy atom. The minimum absolute atomic E-state index is 0.0194. The highest BCUT2D eigenvalue weighted by molar-refractivity contribution is 7.89. The molecule has 2 amide bonds. The first-order valence-electron chi connectivity index (χ1n) is 13.8. The van der Waals surface area contributed by atoms with E-state index in [2.05, 4.69) is 4.90 Å². The van der Waals surface area contributed by atoms with Crippen LogP contribution >= 0.6 is 0 Å². The molecular formula is C27H40N4O4S. The monoisotopic (exact) mass is 516 g/mol. The maximum Gasteiger partial charge on any atom is 0.243 e. The fourth-order valence-electron chi connectivity index (χ4n) is 6.55. The van der Waals surface area contributed by atoms with Crippen molar-refractivity contribution in [2.45, 2.75) is 75.6 Å². The number of aryl methyl sites for hydroxylation is 1. The van der Waals surface area contributed by atoms with Crippen LogP contribution in [0.3, 0.4) is 0 Å². The molecule has 0 unspecified atom stereocenters. The molecule has 0 aliphatic carbocycles. The van der Waals surface area contributed by atoms with Gasteiger partial charge in [-0.05, 0) is 88.2 Å². The number of nitrogens with zero attached hydrogens (tertiary/aromatic N) is 4. The van der Waals surface area contributed by atoms with Gasteiger partial charge in [0.1, 0.15) is 0 Å². The molecule has 0 spiro atoms. The van der Waals surface area contributed by atoms with Crippen LogP contribution in [-0.2, 0) is 26.0 Å². The third-order valence-electron chi connectivity index (χ3n) is 8.67. The van der Waals surface area contributed by atoms with Gasteiger partial charge in [0.05, 0.1) is 4.90 Å². The molecule has 3 saturated heterocycles. The van der Waals surface area contributed by atoms with Gasteiger partial charge in [-0.2, -0.15) is 4.31 Å². The Hall–Kier alpha value is -1.97. The molecule has 0 saturated carbocycles. The van der Waals surface area contributed by atoms with Crippen molar-refractivity contribution >= 4 is 27.5 Å². The van der Waals surface area contributed by atoms with E-state index in [1.807, 2.05) is 4.90 Å². The van der Waals surface area contributed by atoms with Gasteiger partial charge < -0.3 is 14.7 Å². The van der Waals surface area contributed by atoms with Crippen LogP contribution in [0.1, 0.15) is 63.9 Å². The van der Waals surface area contributed by atoms with E-state index in [1.165, 1.54) is 36.7 Å². The van der Waals surface area contributed by atoms with Gasteiger partial charge in [0, 0.05) is 57.3 Å². The van der Waals surface area contributed by atoms with Gasteiger partial charge in [0.2, 0.25) is 21.8 Å². The maximum absolute atomic E-state index is 13.4. The molecule has 0 N–H and O–H groups in total. The van der Waals surface area contributed by atoms with Crippen LogP contribution in [0, 0.1) is 5.92 Å². The molecule has 0 bridgehead atoms. The summed E-state index contributed by atoms with van der Waals surface area (Å²) in [6.07, 6.45) is 8.79. The molecule has 0 radical (unpaired) electrons. The van der Waals surface area contributed by atoms with Gasteiger partial charge in [-0.15, -0.1) is 0 Å². The van der Waals surface area contributed by atoms with Gasteiger partial charge in [0.15, 0.2) is 0 Å². The van der Waals surface area contributed by atoms with Gasteiger partial charge in [-0.3, -0.25) is 9.59 Å². The van der Waals surface area contributed by atoms with E-state index in [0.717, 1.165) is 50.0 Å². The second-order valence-corrected chi connectivity index (χ2v) is 12.8. The predicted molar refractivity (Wildman–Crippen MR) is 139 cm³/mol. The number of carbonyl (C=O) groups is 2. The molecule has 36 heavy (non-hydrogen) atoms. The van der Waals surface area contributed by atoms with Crippen LogP contribution in [0.4, 0.5) is 5.69 Å². The fraction of sp³-hybridized carbons (Fsp3) is 0.704. The zero-order valence-corrected chi connectivity index (χ0v) is 22.3. The van der Waals surface area contributed by atoms with Crippen molar-refractivity contribution in [3.8, 4) is 0 Å². The second-order valence-electron chi connectivity index (χ2n) is 10.9. The third kappa shape index (κ3) is 5.20. The number of fused-ring (bicyclic) bond motifs is 1. The van der Waals surface area contributed by atoms with Crippen LogP contribution in [0.5, 0.6) is 0 Å². The average molecular weight is 517 g/mol. The van der Waals surface area contributed by atoms with E-state index in [9.17, 15) is 18.0 Å². The molecule has 8 nitrogen and oxygen atoms in total. The minimum atomic E-state index is -3.63. The Morgan fingerprint density at radius 2 is 1.53 bits per heavy atom. The average Bonchev–Trinajstić information content (AvgIpc) is 2.92. The third-order valence-corrected chi connectivity index (χ3v) is 10.6. The number of likely N-dealkylation sites (tertiary alicyclic amines) is 2. The summed E-state index contributed by atoms with van der Waals surface area (Å²) in [7, 11) is -3.63. The minimum Gasteiger partial charge on any atom is -0.342 e. The largest absolute Gasteiger partial charge is 0.342 e. The number of hydrogen-bond acceptors (Lipinski definition) is 5. The highest BCUT2D eigenvalue weighted by atomic mass is 32.2. The van der Waals surface area contributed by atoms with Crippen LogP contribution in [0.15, 0.2) is 23.1 Å². The lowest BCUT2D eigenvalue weighted by molar-refractivity contribution is -0.138. The normalized spacial score (nSPS) is 23.5. The molecule has 4 aliphatic heterocycles. The molecule has 9 heteroatoms. The molecule has 0 atom stereocenters. The predicted octanol–water partition coefficient (Wildman–Crippen LogP) is 2.86.